The molecular formula is C26H31ClN4O2. The Labute approximate surface area is 201 Å². The van der Waals surface area contributed by atoms with Crippen molar-refractivity contribution in [3.63, 3.8) is 0 Å². The number of nitrogens with zero attached hydrogens (tertiary/aromatic N) is 1. The van der Waals surface area contributed by atoms with E-state index in [2.05, 4.69) is 16.2 Å². The molecule has 6 nitrogen and oxygen atoms in total. The highest BCUT2D eigenvalue weighted by Gasteiger charge is 2.35. The molecule has 0 atom stereocenters. The SMILES string of the molecule is C#CCNC(=O)c1ccc2c(c1)/C(=C/c1[nH]cc(C)c1C)C(=O)N2CC1CCC(N)CC1.Cl. The lowest BCUT2D eigenvalue weighted by Crippen LogP contribution is -2.36. The Morgan fingerprint density at radius 1 is 1.30 bits per heavy atom. The Bertz CT molecular complexity index is 1120. The number of benzene rings is 1. The summed E-state index contributed by atoms with van der Waals surface area (Å²) < 4.78 is 0. The van der Waals surface area contributed by atoms with Gasteiger partial charge in [0, 0.05) is 35.6 Å². The van der Waals surface area contributed by atoms with Gasteiger partial charge in [-0.2, -0.15) is 0 Å². The number of H-pyrrole nitrogens is 1. The number of aryl methyl sites for hydroxylation is 1. The van der Waals surface area contributed by atoms with E-state index in [0.29, 0.717) is 23.6 Å². The maximum atomic E-state index is 13.6. The molecule has 1 aromatic heterocycles. The molecule has 2 heterocycles. The van der Waals surface area contributed by atoms with Crippen molar-refractivity contribution in [3.05, 3.63) is 52.3 Å². The normalized spacial score (nSPS) is 20.8. The first kappa shape index (κ1) is 24.6. The molecule has 4 rings (SSSR count). The molecule has 1 aliphatic carbocycles. The van der Waals surface area contributed by atoms with Crippen LogP contribution in [0.25, 0.3) is 11.6 Å². The highest BCUT2D eigenvalue weighted by Crippen LogP contribution is 2.40. The average Bonchev–Trinajstić information content (AvgIpc) is 3.24. The number of nitrogens with one attached hydrogen (secondary N) is 2. The summed E-state index contributed by atoms with van der Waals surface area (Å²) in [4.78, 5) is 31.2. The second-order valence-electron chi connectivity index (χ2n) is 8.88. The van der Waals surface area contributed by atoms with Crippen LogP contribution in [0.5, 0.6) is 0 Å². The van der Waals surface area contributed by atoms with Crippen molar-refractivity contribution in [2.75, 3.05) is 18.0 Å². The first-order valence-corrected chi connectivity index (χ1v) is 11.2. The zero-order valence-corrected chi connectivity index (χ0v) is 19.9. The average molecular weight is 467 g/mol. The Balaban J connectivity index is 0.00000306. The summed E-state index contributed by atoms with van der Waals surface area (Å²) in [7, 11) is 0. The van der Waals surface area contributed by atoms with Gasteiger partial charge < -0.3 is 20.9 Å². The third kappa shape index (κ3) is 5.00. The van der Waals surface area contributed by atoms with Crippen LogP contribution in [0.15, 0.2) is 24.4 Å². The molecule has 1 aliphatic heterocycles. The van der Waals surface area contributed by atoms with E-state index in [4.69, 9.17) is 12.2 Å². The number of amides is 2. The second-order valence-corrected chi connectivity index (χ2v) is 8.88. The number of halogens is 1. The molecule has 0 bridgehead atoms. The van der Waals surface area contributed by atoms with Crippen LogP contribution >= 0.6 is 12.4 Å². The first-order chi connectivity index (χ1) is 15.4. The highest BCUT2D eigenvalue weighted by molar-refractivity contribution is 6.36. The molecule has 1 fully saturated rings. The number of nitrogens with two attached hydrogens (primary N) is 1. The fourth-order valence-electron chi connectivity index (χ4n) is 4.59. The molecule has 33 heavy (non-hydrogen) atoms. The molecule has 0 unspecified atom stereocenters. The number of aromatic amines is 1. The van der Waals surface area contributed by atoms with Crippen LogP contribution in [0.2, 0.25) is 0 Å². The van der Waals surface area contributed by atoms with Gasteiger partial charge in [0.15, 0.2) is 0 Å². The van der Waals surface area contributed by atoms with Crippen LogP contribution in [0.4, 0.5) is 5.69 Å². The van der Waals surface area contributed by atoms with E-state index >= 15 is 0 Å². The quantitative estimate of drug-likeness (QED) is 0.462. The number of hydrogen-bond acceptors (Lipinski definition) is 3. The summed E-state index contributed by atoms with van der Waals surface area (Å²) in [5.41, 5.74) is 11.9. The minimum atomic E-state index is -0.246. The van der Waals surface area contributed by atoms with Gasteiger partial charge in [-0.05, 0) is 80.9 Å². The van der Waals surface area contributed by atoms with Gasteiger partial charge in [-0.3, -0.25) is 9.59 Å². The van der Waals surface area contributed by atoms with Gasteiger partial charge in [-0.15, -0.1) is 18.8 Å². The van der Waals surface area contributed by atoms with Gasteiger partial charge in [0.25, 0.3) is 11.8 Å². The fraction of sp³-hybridized carbons (Fsp3) is 0.385. The molecule has 2 aliphatic rings. The van der Waals surface area contributed by atoms with Crippen molar-refractivity contribution in [2.24, 2.45) is 11.7 Å². The number of aromatic nitrogens is 1. The summed E-state index contributed by atoms with van der Waals surface area (Å²) in [6, 6.07) is 5.70. The summed E-state index contributed by atoms with van der Waals surface area (Å²) in [6.45, 7) is 4.90. The van der Waals surface area contributed by atoms with E-state index in [1.807, 2.05) is 37.1 Å². The van der Waals surface area contributed by atoms with Gasteiger partial charge in [-0.25, -0.2) is 0 Å². The number of hydrogen-bond donors (Lipinski definition) is 3. The number of carbonyl (C=O) groups excluding carboxylic acids is 2. The predicted octanol–water partition coefficient (Wildman–Crippen LogP) is 3.82. The number of anilines is 1. The van der Waals surface area contributed by atoms with Crippen molar-refractivity contribution >= 4 is 41.6 Å². The predicted molar refractivity (Wildman–Crippen MR) is 135 cm³/mol. The van der Waals surface area contributed by atoms with Crippen molar-refractivity contribution in [2.45, 2.75) is 45.6 Å². The number of rotatable bonds is 5. The van der Waals surface area contributed by atoms with Gasteiger partial charge >= 0.3 is 0 Å². The van der Waals surface area contributed by atoms with Crippen LogP contribution < -0.4 is 16.0 Å². The smallest absolute Gasteiger partial charge is 0.259 e. The maximum Gasteiger partial charge on any atom is 0.259 e. The molecule has 0 saturated heterocycles. The van der Waals surface area contributed by atoms with Crippen molar-refractivity contribution in [1.82, 2.24) is 10.3 Å². The van der Waals surface area contributed by atoms with E-state index < -0.39 is 0 Å². The number of carbonyl (C=O) groups is 2. The summed E-state index contributed by atoms with van der Waals surface area (Å²) >= 11 is 0. The standard InChI is InChI=1S/C26H30N4O2.ClH/c1-4-11-28-25(31)19-7-10-24-21(12-19)22(13-23-17(3)16(2)14-29-23)26(32)30(24)15-18-5-8-20(27)9-6-18;/h1,7,10,12-14,18,20,29H,5-6,8-9,11,15,27H2,2-3H3,(H,28,31);1H/b22-13-;. The molecule has 7 heteroatoms. The largest absolute Gasteiger partial charge is 0.361 e. The van der Waals surface area contributed by atoms with Crippen molar-refractivity contribution in [1.29, 1.82) is 0 Å². The Kier molecular flexibility index (Phi) is 7.68. The zero-order valence-electron chi connectivity index (χ0n) is 19.1. The first-order valence-electron chi connectivity index (χ1n) is 11.2. The van der Waals surface area contributed by atoms with Gasteiger partial charge in [-0.1, -0.05) is 5.92 Å². The zero-order chi connectivity index (χ0) is 22.8. The fourth-order valence-corrected chi connectivity index (χ4v) is 4.59. The van der Waals surface area contributed by atoms with Gasteiger partial charge in [0.1, 0.15) is 0 Å². The molecule has 174 valence electrons. The highest BCUT2D eigenvalue weighted by atomic mass is 35.5. The lowest BCUT2D eigenvalue weighted by Gasteiger charge is -2.29. The maximum absolute atomic E-state index is 13.6. The van der Waals surface area contributed by atoms with E-state index in [9.17, 15) is 9.59 Å². The lowest BCUT2D eigenvalue weighted by atomic mass is 9.86. The van der Waals surface area contributed by atoms with Gasteiger partial charge in [0.2, 0.25) is 0 Å². The molecule has 0 spiro atoms. The Hall–Kier alpha value is -3.01. The minimum absolute atomic E-state index is 0. The van der Waals surface area contributed by atoms with Crippen LogP contribution in [0.1, 0.15) is 58.4 Å². The molecule has 0 radical (unpaired) electrons. The second kappa shape index (κ2) is 10.3. The Morgan fingerprint density at radius 2 is 2.03 bits per heavy atom. The summed E-state index contributed by atoms with van der Waals surface area (Å²) in [5, 5.41) is 2.70. The van der Waals surface area contributed by atoms with Crippen LogP contribution in [0.3, 0.4) is 0 Å². The third-order valence-electron chi connectivity index (χ3n) is 6.73. The molecule has 2 aromatic rings. The summed E-state index contributed by atoms with van der Waals surface area (Å²) in [6.07, 6.45) is 13.2. The molecule has 2 amide bonds. The van der Waals surface area contributed by atoms with E-state index in [0.717, 1.165) is 53.8 Å². The van der Waals surface area contributed by atoms with E-state index in [1.54, 1.807) is 12.1 Å². The van der Waals surface area contributed by atoms with Crippen molar-refractivity contribution in [3.8, 4) is 12.3 Å². The third-order valence-corrected chi connectivity index (χ3v) is 6.73. The Morgan fingerprint density at radius 3 is 2.67 bits per heavy atom. The van der Waals surface area contributed by atoms with Crippen LogP contribution in [-0.2, 0) is 4.79 Å². The minimum Gasteiger partial charge on any atom is -0.361 e. The van der Waals surface area contributed by atoms with Gasteiger partial charge in [0.05, 0.1) is 17.8 Å². The monoisotopic (exact) mass is 466 g/mol. The molecular weight excluding hydrogens is 436 g/mol. The van der Waals surface area contributed by atoms with E-state index in [1.165, 1.54) is 0 Å². The van der Waals surface area contributed by atoms with Crippen LogP contribution in [0, 0.1) is 32.1 Å². The van der Waals surface area contributed by atoms with E-state index in [-0.39, 0.29) is 36.8 Å². The molecule has 1 saturated carbocycles. The number of fused-ring (bicyclic) bond motifs is 1. The molecule has 1 aromatic carbocycles. The summed E-state index contributed by atoms with van der Waals surface area (Å²) in [5.74, 6) is 2.57. The lowest BCUT2D eigenvalue weighted by molar-refractivity contribution is -0.113. The number of terminal acetylenes is 1. The van der Waals surface area contributed by atoms with Crippen molar-refractivity contribution < 1.29 is 9.59 Å². The topological polar surface area (TPSA) is 91.2 Å². The molecule has 4 N–H and O–H groups in total. The van der Waals surface area contributed by atoms with Crippen LogP contribution in [-0.4, -0.2) is 35.9 Å².